The number of aromatic nitrogens is 1. The van der Waals surface area contributed by atoms with Crippen LogP contribution in [0.4, 0.5) is 9.18 Å². The van der Waals surface area contributed by atoms with E-state index in [0.29, 0.717) is 19.5 Å². The molecule has 3 amide bonds. The average Bonchev–Trinajstić information content (AvgIpc) is 2.33. The summed E-state index contributed by atoms with van der Waals surface area (Å²) < 4.78 is 12.6. The molecule has 0 N–H and O–H groups in total. The molecule has 1 aliphatic rings. The van der Waals surface area contributed by atoms with Gasteiger partial charge >= 0.3 is 6.03 Å². The molecule has 17 heavy (non-hydrogen) atoms. The Kier molecular flexibility index (Phi) is 3.03. The highest BCUT2D eigenvalue weighted by molar-refractivity contribution is 5.96. The molecule has 5 nitrogen and oxygen atoms in total. The van der Waals surface area contributed by atoms with Gasteiger partial charge in [-0.05, 0) is 11.6 Å². The van der Waals surface area contributed by atoms with E-state index in [1.807, 2.05) is 0 Å². The van der Waals surface area contributed by atoms with Gasteiger partial charge in [0.25, 0.3) is 0 Å². The van der Waals surface area contributed by atoms with Crippen molar-refractivity contribution < 1.29 is 14.0 Å². The molecule has 0 saturated carbocycles. The van der Waals surface area contributed by atoms with Gasteiger partial charge in [0.15, 0.2) is 0 Å². The maximum absolute atomic E-state index is 12.6. The maximum atomic E-state index is 12.6. The molecule has 2 heterocycles. The third-order valence-electron chi connectivity index (χ3n) is 2.69. The van der Waals surface area contributed by atoms with Crippen molar-refractivity contribution in [1.29, 1.82) is 0 Å². The van der Waals surface area contributed by atoms with Crippen molar-refractivity contribution in [3.05, 3.63) is 29.8 Å². The molecule has 90 valence electrons. The van der Waals surface area contributed by atoms with E-state index in [0.717, 1.165) is 10.5 Å². The van der Waals surface area contributed by atoms with Crippen LogP contribution in [0.3, 0.4) is 0 Å². The number of nitrogens with zero attached hydrogens (tertiary/aromatic N) is 3. The molecule has 0 atom stereocenters. The first-order valence-corrected chi connectivity index (χ1v) is 5.24. The molecule has 1 aromatic heterocycles. The minimum atomic E-state index is -0.550. The van der Waals surface area contributed by atoms with Gasteiger partial charge in [0, 0.05) is 32.8 Å². The van der Waals surface area contributed by atoms with Crippen LogP contribution in [0.5, 0.6) is 0 Å². The second-order valence-corrected chi connectivity index (χ2v) is 3.90. The summed E-state index contributed by atoms with van der Waals surface area (Å²) in [6.07, 6.45) is 1.70. The van der Waals surface area contributed by atoms with Crippen LogP contribution >= 0.6 is 0 Å². The van der Waals surface area contributed by atoms with Gasteiger partial charge in [-0.25, -0.2) is 9.78 Å². The smallest absolute Gasteiger partial charge is 0.319 e. The molecular weight excluding hydrogens is 225 g/mol. The Morgan fingerprint density at radius 3 is 2.82 bits per heavy atom. The second kappa shape index (κ2) is 4.48. The SMILES string of the molecule is CN1C(=O)CCN(Cc2ccc(F)nc2)C1=O. The summed E-state index contributed by atoms with van der Waals surface area (Å²) >= 11 is 0. The van der Waals surface area contributed by atoms with E-state index < -0.39 is 5.95 Å². The molecule has 0 aromatic carbocycles. The first-order chi connectivity index (χ1) is 8.08. The number of carbonyl (C=O) groups excluding carboxylic acids is 2. The van der Waals surface area contributed by atoms with Gasteiger partial charge < -0.3 is 4.90 Å². The van der Waals surface area contributed by atoms with Crippen molar-refractivity contribution in [3.63, 3.8) is 0 Å². The van der Waals surface area contributed by atoms with Crippen LogP contribution in [0.25, 0.3) is 0 Å². The van der Waals surface area contributed by atoms with Gasteiger partial charge in [-0.15, -0.1) is 0 Å². The molecule has 0 radical (unpaired) electrons. The molecule has 0 unspecified atom stereocenters. The van der Waals surface area contributed by atoms with Crippen molar-refractivity contribution >= 4 is 11.9 Å². The Bertz CT molecular complexity index is 447. The largest absolute Gasteiger partial charge is 0.326 e. The zero-order valence-electron chi connectivity index (χ0n) is 9.39. The lowest BCUT2D eigenvalue weighted by Crippen LogP contribution is -2.49. The fraction of sp³-hybridized carbons (Fsp3) is 0.364. The predicted molar refractivity (Wildman–Crippen MR) is 57.4 cm³/mol. The minimum absolute atomic E-state index is 0.177. The highest BCUT2D eigenvalue weighted by Crippen LogP contribution is 2.12. The van der Waals surface area contributed by atoms with E-state index in [-0.39, 0.29) is 11.9 Å². The average molecular weight is 237 g/mol. The fourth-order valence-electron chi connectivity index (χ4n) is 1.68. The zero-order valence-corrected chi connectivity index (χ0v) is 9.39. The summed E-state index contributed by atoms with van der Waals surface area (Å²) in [6.45, 7) is 0.725. The first kappa shape index (κ1) is 11.5. The number of rotatable bonds is 2. The molecule has 1 aliphatic heterocycles. The van der Waals surface area contributed by atoms with Crippen LogP contribution in [-0.2, 0) is 11.3 Å². The van der Waals surface area contributed by atoms with E-state index in [4.69, 9.17) is 0 Å². The number of carbonyl (C=O) groups is 2. The number of hydrogen-bond donors (Lipinski definition) is 0. The molecule has 1 aromatic rings. The van der Waals surface area contributed by atoms with Crippen molar-refractivity contribution in [1.82, 2.24) is 14.8 Å². The summed E-state index contributed by atoms with van der Waals surface area (Å²) in [5.74, 6) is -0.727. The van der Waals surface area contributed by atoms with Crippen LogP contribution < -0.4 is 0 Å². The maximum Gasteiger partial charge on any atom is 0.326 e. The van der Waals surface area contributed by atoms with Crippen molar-refractivity contribution in [2.75, 3.05) is 13.6 Å². The Hall–Kier alpha value is -1.98. The summed E-state index contributed by atoms with van der Waals surface area (Å²) in [5.41, 5.74) is 0.738. The van der Waals surface area contributed by atoms with Crippen LogP contribution in [0.2, 0.25) is 0 Å². The van der Waals surface area contributed by atoms with E-state index in [1.54, 1.807) is 6.07 Å². The third-order valence-corrected chi connectivity index (χ3v) is 2.69. The lowest BCUT2D eigenvalue weighted by Gasteiger charge is -2.31. The molecule has 2 rings (SSSR count). The quantitative estimate of drug-likeness (QED) is 0.721. The van der Waals surface area contributed by atoms with Crippen molar-refractivity contribution in [3.8, 4) is 0 Å². The number of imide groups is 1. The third kappa shape index (κ3) is 2.41. The van der Waals surface area contributed by atoms with Crippen molar-refractivity contribution in [2.24, 2.45) is 0 Å². The normalized spacial score (nSPS) is 16.6. The molecule has 6 heteroatoms. The number of hydrogen-bond acceptors (Lipinski definition) is 3. The van der Waals surface area contributed by atoms with Gasteiger partial charge in [-0.1, -0.05) is 6.07 Å². The van der Waals surface area contributed by atoms with Gasteiger partial charge in [0.05, 0.1) is 0 Å². The Morgan fingerprint density at radius 2 is 2.18 bits per heavy atom. The summed E-state index contributed by atoms with van der Waals surface area (Å²) in [5, 5.41) is 0. The fourth-order valence-corrected chi connectivity index (χ4v) is 1.68. The molecule has 1 saturated heterocycles. The molecule has 1 fully saturated rings. The zero-order chi connectivity index (χ0) is 12.4. The topological polar surface area (TPSA) is 53.5 Å². The number of pyridine rings is 1. The number of urea groups is 1. The Balaban J connectivity index is 2.06. The van der Waals surface area contributed by atoms with Gasteiger partial charge in [0.2, 0.25) is 11.9 Å². The second-order valence-electron chi connectivity index (χ2n) is 3.90. The molecular formula is C11H12FN3O2. The Labute approximate surface area is 97.8 Å². The molecule has 0 bridgehead atoms. The van der Waals surface area contributed by atoms with Crippen LogP contribution in [0, 0.1) is 5.95 Å². The van der Waals surface area contributed by atoms with Crippen molar-refractivity contribution in [2.45, 2.75) is 13.0 Å². The van der Waals surface area contributed by atoms with E-state index in [9.17, 15) is 14.0 Å². The van der Waals surface area contributed by atoms with E-state index in [1.165, 1.54) is 24.2 Å². The lowest BCUT2D eigenvalue weighted by molar-refractivity contribution is -0.129. The highest BCUT2D eigenvalue weighted by atomic mass is 19.1. The Morgan fingerprint density at radius 1 is 1.41 bits per heavy atom. The van der Waals surface area contributed by atoms with Gasteiger partial charge in [-0.3, -0.25) is 9.69 Å². The van der Waals surface area contributed by atoms with E-state index >= 15 is 0 Å². The molecule has 0 aliphatic carbocycles. The van der Waals surface area contributed by atoms with Gasteiger partial charge in [0.1, 0.15) is 0 Å². The van der Waals surface area contributed by atoms with Crippen LogP contribution in [0.1, 0.15) is 12.0 Å². The summed E-state index contributed by atoms with van der Waals surface area (Å²) in [4.78, 5) is 29.2. The lowest BCUT2D eigenvalue weighted by atomic mass is 10.2. The first-order valence-electron chi connectivity index (χ1n) is 5.24. The monoisotopic (exact) mass is 237 g/mol. The standard InChI is InChI=1S/C11H12FN3O2/c1-14-10(16)4-5-15(11(14)17)7-8-2-3-9(12)13-6-8/h2-3,6H,4-5,7H2,1H3. The molecule has 0 spiro atoms. The highest BCUT2D eigenvalue weighted by Gasteiger charge is 2.28. The van der Waals surface area contributed by atoms with Crippen LogP contribution in [-0.4, -0.2) is 40.3 Å². The predicted octanol–water partition coefficient (Wildman–Crippen LogP) is 1.00. The summed E-state index contributed by atoms with van der Waals surface area (Å²) in [7, 11) is 1.46. The van der Waals surface area contributed by atoms with Crippen LogP contribution in [0.15, 0.2) is 18.3 Å². The number of amides is 3. The summed E-state index contributed by atoms with van der Waals surface area (Å²) in [6, 6.07) is 2.50. The number of halogens is 1. The van der Waals surface area contributed by atoms with Gasteiger partial charge in [-0.2, -0.15) is 4.39 Å². The van der Waals surface area contributed by atoms with E-state index in [2.05, 4.69) is 4.98 Å². The minimum Gasteiger partial charge on any atom is -0.319 e.